The van der Waals surface area contributed by atoms with Crippen LogP contribution in [0.2, 0.25) is 0 Å². The topological polar surface area (TPSA) is 62.2 Å². The first-order valence-electron chi connectivity index (χ1n) is 12.2. The van der Waals surface area contributed by atoms with Gasteiger partial charge >= 0.3 is 0 Å². The maximum absolute atomic E-state index is 12.5. The Balaban J connectivity index is 1.29. The molecule has 2 bridgehead atoms. The number of rotatable bonds is 5. The van der Waals surface area contributed by atoms with Crippen LogP contribution in [0, 0.1) is 5.92 Å². The summed E-state index contributed by atoms with van der Waals surface area (Å²) in [6, 6.07) is 14.2. The molecular formula is C27H31NO4. The van der Waals surface area contributed by atoms with Crippen LogP contribution in [-0.2, 0) is 23.2 Å². The van der Waals surface area contributed by atoms with Gasteiger partial charge in [0.1, 0.15) is 6.10 Å². The van der Waals surface area contributed by atoms with Crippen molar-refractivity contribution in [1.82, 2.24) is 4.90 Å². The normalized spacial score (nSPS) is 37.1. The Bertz CT molecular complexity index is 1050. The molecule has 2 aliphatic heterocycles. The molecule has 5 aliphatic rings. The van der Waals surface area contributed by atoms with Crippen LogP contribution in [0.4, 0.5) is 0 Å². The largest absolute Gasteiger partial charge is 0.504 e. The zero-order chi connectivity index (χ0) is 21.5. The number of hydrogen-bond donors (Lipinski definition) is 2. The van der Waals surface area contributed by atoms with Crippen LogP contribution in [0.15, 0.2) is 42.5 Å². The molecular weight excluding hydrogens is 402 g/mol. The Labute approximate surface area is 189 Å². The maximum atomic E-state index is 12.5. The van der Waals surface area contributed by atoms with E-state index in [0.717, 1.165) is 49.4 Å². The zero-order valence-corrected chi connectivity index (χ0v) is 18.4. The van der Waals surface area contributed by atoms with Gasteiger partial charge in [-0.3, -0.25) is 4.90 Å². The van der Waals surface area contributed by atoms with Gasteiger partial charge in [-0.2, -0.15) is 0 Å². The van der Waals surface area contributed by atoms with Crippen LogP contribution in [0.1, 0.15) is 48.8 Å². The van der Waals surface area contributed by atoms with Gasteiger partial charge in [-0.15, -0.1) is 0 Å². The van der Waals surface area contributed by atoms with Crippen molar-refractivity contribution < 1.29 is 19.7 Å². The van der Waals surface area contributed by atoms with Crippen LogP contribution >= 0.6 is 0 Å². The summed E-state index contributed by atoms with van der Waals surface area (Å²) in [7, 11) is 0. The SMILES string of the molecule is Oc1ccc2c3c1O[C@H]1[C@H](OCc4ccccc4)CC[C@@]4(O)[C@@H](C2)N(CC2CC2)CC[C@]314. The lowest BCUT2D eigenvalue weighted by atomic mass is 9.48. The number of ether oxygens (including phenoxy) is 2. The summed E-state index contributed by atoms with van der Waals surface area (Å²) < 4.78 is 13.0. The average molecular weight is 434 g/mol. The maximum Gasteiger partial charge on any atom is 0.165 e. The summed E-state index contributed by atoms with van der Waals surface area (Å²) in [5.41, 5.74) is 2.10. The molecule has 1 spiro atoms. The van der Waals surface area contributed by atoms with Gasteiger partial charge in [0.05, 0.1) is 23.7 Å². The van der Waals surface area contributed by atoms with Crippen molar-refractivity contribution in [3.63, 3.8) is 0 Å². The summed E-state index contributed by atoms with van der Waals surface area (Å²) in [6.45, 7) is 2.61. The van der Waals surface area contributed by atoms with Crippen molar-refractivity contribution in [2.24, 2.45) is 5.92 Å². The van der Waals surface area contributed by atoms with E-state index in [0.29, 0.717) is 18.8 Å². The van der Waals surface area contributed by atoms with Crippen LogP contribution < -0.4 is 4.74 Å². The number of phenols is 1. The molecule has 2 heterocycles. The molecule has 3 fully saturated rings. The Morgan fingerprint density at radius 2 is 1.91 bits per heavy atom. The second-order valence-electron chi connectivity index (χ2n) is 10.7. The van der Waals surface area contributed by atoms with E-state index < -0.39 is 11.0 Å². The number of hydrogen-bond acceptors (Lipinski definition) is 5. The fourth-order valence-corrected chi connectivity index (χ4v) is 7.38. The van der Waals surface area contributed by atoms with E-state index in [9.17, 15) is 10.2 Å². The number of nitrogens with zero attached hydrogens (tertiary/aromatic N) is 1. The number of benzene rings is 2. The first-order chi connectivity index (χ1) is 15.6. The third kappa shape index (κ3) is 2.50. The smallest absolute Gasteiger partial charge is 0.165 e. The lowest BCUT2D eigenvalue weighted by Gasteiger charge is -2.64. The number of piperidine rings is 1. The lowest BCUT2D eigenvalue weighted by Crippen LogP contribution is -2.77. The number of aromatic hydroxyl groups is 1. The van der Waals surface area contributed by atoms with Crippen LogP contribution in [0.5, 0.6) is 11.5 Å². The molecule has 3 aliphatic carbocycles. The molecule has 2 aromatic rings. The molecule has 0 radical (unpaired) electrons. The highest BCUT2D eigenvalue weighted by Gasteiger charge is 2.73. The molecule has 2 saturated carbocycles. The van der Waals surface area contributed by atoms with Crippen molar-refractivity contribution in [3.8, 4) is 11.5 Å². The number of aliphatic hydroxyl groups is 1. The van der Waals surface area contributed by atoms with E-state index in [-0.39, 0.29) is 24.0 Å². The fraction of sp³-hybridized carbons (Fsp3) is 0.556. The van der Waals surface area contributed by atoms with Crippen LogP contribution in [0.3, 0.4) is 0 Å². The predicted octanol–water partition coefficient (Wildman–Crippen LogP) is 3.54. The van der Waals surface area contributed by atoms with E-state index in [1.165, 1.54) is 18.4 Å². The minimum atomic E-state index is -0.844. The molecule has 1 saturated heterocycles. The van der Waals surface area contributed by atoms with Gasteiger partial charge < -0.3 is 19.7 Å². The number of phenolic OH excluding ortho intramolecular Hbond substituents is 1. The van der Waals surface area contributed by atoms with Crippen molar-refractivity contribution in [1.29, 1.82) is 0 Å². The zero-order valence-electron chi connectivity index (χ0n) is 18.4. The third-order valence-corrected chi connectivity index (χ3v) is 9.02. The molecule has 5 heteroatoms. The Morgan fingerprint density at radius 1 is 1.06 bits per heavy atom. The molecule has 0 amide bonds. The Kier molecular flexibility index (Phi) is 4.07. The third-order valence-electron chi connectivity index (χ3n) is 9.02. The summed E-state index contributed by atoms with van der Waals surface area (Å²) in [5.74, 6) is 1.58. The predicted molar refractivity (Wildman–Crippen MR) is 120 cm³/mol. The molecule has 7 rings (SSSR count). The summed E-state index contributed by atoms with van der Waals surface area (Å²) in [5, 5.41) is 23.2. The highest BCUT2D eigenvalue weighted by atomic mass is 16.6. The van der Waals surface area contributed by atoms with E-state index >= 15 is 0 Å². The molecule has 5 nitrogen and oxygen atoms in total. The van der Waals surface area contributed by atoms with Gasteiger partial charge in [-0.05, 0) is 68.2 Å². The average Bonchev–Trinajstić information content (AvgIpc) is 3.54. The summed E-state index contributed by atoms with van der Waals surface area (Å²) in [6.07, 6.45) is 5.44. The van der Waals surface area contributed by atoms with Gasteiger partial charge in [-0.25, -0.2) is 0 Å². The molecule has 2 N–H and O–H groups in total. The first kappa shape index (κ1) is 19.4. The van der Waals surface area contributed by atoms with E-state index in [1.54, 1.807) is 6.07 Å². The van der Waals surface area contributed by atoms with Gasteiger partial charge in [0.25, 0.3) is 0 Å². The summed E-state index contributed by atoms with van der Waals surface area (Å²) in [4.78, 5) is 2.57. The van der Waals surface area contributed by atoms with Crippen LogP contribution in [-0.4, -0.2) is 52.1 Å². The lowest BCUT2D eigenvalue weighted by molar-refractivity contribution is -0.217. The van der Waals surface area contributed by atoms with E-state index in [4.69, 9.17) is 9.47 Å². The highest BCUT2D eigenvalue weighted by Crippen LogP contribution is 2.65. The Morgan fingerprint density at radius 3 is 2.72 bits per heavy atom. The van der Waals surface area contributed by atoms with Crippen molar-refractivity contribution >= 4 is 0 Å². The van der Waals surface area contributed by atoms with Crippen molar-refractivity contribution in [3.05, 3.63) is 59.2 Å². The molecule has 32 heavy (non-hydrogen) atoms. The minimum absolute atomic E-state index is 0.108. The monoisotopic (exact) mass is 433 g/mol. The molecule has 0 unspecified atom stereocenters. The second kappa shape index (κ2) is 6.72. The quantitative estimate of drug-likeness (QED) is 0.755. The van der Waals surface area contributed by atoms with E-state index in [1.807, 2.05) is 18.2 Å². The molecule has 2 aromatic carbocycles. The highest BCUT2D eigenvalue weighted by molar-refractivity contribution is 5.62. The molecule has 0 aromatic heterocycles. The standard InChI is InChI=1S/C27H31NO4/c29-20-9-8-19-14-22-27(30)11-10-21(31-16-18-4-2-1-3-5-18)25-26(27,23(19)24(20)32-25)12-13-28(22)15-17-6-7-17/h1-5,8-9,17,21-22,25,29-30H,6-7,10-16H2/t21-,22-,25+,26+,27-/m1/s1. The van der Waals surface area contributed by atoms with Crippen molar-refractivity contribution in [2.75, 3.05) is 13.1 Å². The van der Waals surface area contributed by atoms with E-state index in [2.05, 4.69) is 23.1 Å². The van der Waals surface area contributed by atoms with Gasteiger partial charge in [0.2, 0.25) is 0 Å². The summed E-state index contributed by atoms with van der Waals surface area (Å²) >= 11 is 0. The van der Waals surface area contributed by atoms with Gasteiger partial charge in [-0.1, -0.05) is 36.4 Å². The molecule has 5 atom stereocenters. The van der Waals surface area contributed by atoms with Gasteiger partial charge in [0, 0.05) is 18.2 Å². The fourth-order valence-electron chi connectivity index (χ4n) is 7.38. The molecule has 168 valence electrons. The number of likely N-dealkylation sites (tertiary alicyclic amines) is 1. The Hall–Kier alpha value is -2.08. The van der Waals surface area contributed by atoms with Crippen molar-refractivity contribution in [2.45, 2.75) is 74.4 Å². The van der Waals surface area contributed by atoms with Crippen LogP contribution in [0.25, 0.3) is 0 Å². The second-order valence-corrected chi connectivity index (χ2v) is 10.7. The first-order valence-corrected chi connectivity index (χ1v) is 12.2. The minimum Gasteiger partial charge on any atom is -0.504 e. The van der Waals surface area contributed by atoms with Gasteiger partial charge in [0.15, 0.2) is 11.5 Å².